The molecule has 0 radical (unpaired) electrons. The number of phenolic OH excluding ortho intramolecular Hbond substituents is 1. The fourth-order valence-electron chi connectivity index (χ4n) is 3.01. The molecule has 3 rings (SSSR count). The molecule has 0 bridgehead atoms. The molecule has 0 aliphatic heterocycles. The number of hydrogen-bond donors (Lipinski definition) is 1. The normalized spacial score (nSPS) is 10.4. The average Bonchev–Trinajstić information content (AvgIpc) is 2.70. The van der Waals surface area contributed by atoms with Gasteiger partial charge in [-0.3, -0.25) is 0 Å². The Hall–Kier alpha value is -3.27. The summed E-state index contributed by atoms with van der Waals surface area (Å²) in [6, 6.07) is 24.1. The zero-order valence-corrected chi connectivity index (χ0v) is 15.3. The van der Waals surface area contributed by atoms with Crippen molar-refractivity contribution in [3.63, 3.8) is 0 Å². The van der Waals surface area contributed by atoms with Crippen LogP contribution in [0.1, 0.15) is 24.5 Å². The summed E-state index contributed by atoms with van der Waals surface area (Å²) in [5.41, 5.74) is 3.13. The van der Waals surface area contributed by atoms with E-state index >= 15 is 0 Å². The van der Waals surface area contributed by atoms with Gasteiger partial charge >= 0.3 is 6.09 Å². The van der Waals surface area contributed by atoms with Gasteiger partial charge in [-0.05, 0) is 42.3 Å². The molecule has 4 nitrogen and oxygen atoms in total. The molecule has 3 aromatic rings. The lowest BCUT2D eigenvalue weighted by molar-refractivity contribution is 0.149. The summed E-state index contributed by atoms with van der Waals surface area (Å²) in [6.07, 6.45) is 1.18. The molecule has 0 spiro atoms. The number of aromatic hydroxyl groups is 1. The number of nitrogens with zero attached hydrogens (tertiary/aromatic N) is 1. The standard InChI is InChI=1S/C23H23NO3/c1-2-10-21-18(11-9-16-22(21)25)17-27-23(26)24(19-12-5-3-6-13-19)20-14-7-4-8-15-20/h3-9,11-16,25H,2,10,17H2,1H3. The van der Waals surface area contributed by atoms with Gasteiger partial charge in [0.25, 0.3) is 0 Å². The SMILES string of the molecule is CCCc1c(O)cccc1COC(=O)N(c1ccccc1)c1ccccc1. The lowest BCUT2D eigenvalue weighted by atomic mass is 10.0. The maximum absolute atomic E-state index is 12.9. The van der Waals surface area contributed by atoms with E-state index in [4.69, 9.17) is 4.74 Å². The molecule has 0 aromatic heterocycles. The van der Waals surface area contributed by atoms with Gasteiger partial charge in [-0.25, -0.2) is 9.69 Å². The molecule has 4 heteroatoms. The van der Waals surface area contributed by atoms with E-state index in [0.717, 1.165) is 35.3 Å². The van der Waals surface area contributed by atoms with Gasteiger partial charge in [0.05, 0.1) is 11.4 Å². The van der Waals surface area contributed by atoms with Gasteiger partial charge in [0.15, 0.2) is 0 Å². The van der Waals surface area contributed by atoms with Gasteiger partial charge in [-0.1, -0.05) is 61.9 Å². The molecular weight excluding hydrogens is 338 g/mol. The predicted molar refractivity (Wildman–Crippen MR) is 107 cm³/mol. The molecule has 0 saturated heterocycles. The highest BCUT2D eigenvalue weighted by Crippen LogP contribution is 2.27. The first-order chi connectivity index (χ1) is 13.2. The molecule has 0 unspecified atom stereocenters. The van der Waals surface area contributed by atoms with Crippen molar-refractivity contribution in [2.45, 2.75) is 26.4 Å². The van der Waals surface area contributed by atoms with Crippen molar-refractivity contribution in [3.8, 4) is 5.75 Å². The van der Waals surface area contributed by atoms with E-state index in [0.29, 0.717) is 0 Å². The second-order valence-corrected chi connectivity index (χ2v) is 6.23. The molecule has 0 saturated carbocycles. The number of amides is 1. The van der Waals surface area contributed by atoms with Crippen molar-refractivity contribution in [1.29, 1.82) is 0 Å². The molecule has 0 atom stereocenters. The van der Waals surface area contributed by atoms with E-state index in [1.165, 1.54) is 0 Å². The Kier molecular flexibility index (Phi) is 6.10. The fourth-order valence-corrected chi connectivity index (χ4v) is 3.01. The number of para-hydroxylation sites is 2. The first kappa shape index (κ1) is 18.5. The Morgan fingerprint density at radius 2 is 1.48 bits per heavy atom. The third-order valence-corrected chi connectivity index (χ3v) is 4.31. The molecule has 0 heterocycles. The second-order valence-electron chi connectivity index (χ2n) is 6.23. The summed E-state index contributed by atoms with van der Waals surface area (Å²) >= 11 is 0. The average molecular weight is 361 g/mol. The quantitative estimate of drug-likeness (QED) is 0.602. The second kappa shape index (κ2) is 8.90. The molecule has 1 amide bonds. The summed E-state index contributed by atoms with van der Waals surface area (Å²) < 4.78 is 5.62. The van der Waals surface area contributed by atoms with Crippen LogP contribution in [-0.4, -0.2) is 11.2 Å². The van der Waals surface area contributed by atoms with Crippen LogP contribution in [0.4, 0.5) is 16.2 Å². The zero-order valence-electron chi connectivity index (χ0n) is 15.3. The lowest BCUT2D eigenvalue weighted by Crippen LogP contribution is -2.26. The van der Waals surface area contributed by atoms with Crippen LogP contribution in [0.25, 0.3) is 0 Å². The monoisotopic (exact) mass is 361 g/mol. The van der Waals surface area contributed by atoms with Crippen LogP contribution < -0.4 is 4.90 Å². The van der Waals surface area contributed by atoms with Gasteiger partial charge in [-0.15, -0.1) is 0 Å². The summed E-state index contributed by atoms with van der Waals surface area (Å²) in [4.78, 5) is 14.5. The topological polar surface area (TPSA) is 49.8 Å². The van der Waals surface area contributed by atoms with E-state index in [1.54, 1.807) is 17.0 Å². The molecule has 3 aromatic carbocycles. The molecule has 0 aliphatic rings. The highest BCUT2D eigenvalue weighted by atomic mass is 16.6. The minimum absolute atomic E-state index is 0.110. The number of carbonyl (C=O) groups is 1. The third-order valence-electron chi connectivity index (χ3n) is 4.31. The van der Waals surface area contributed by atoms with E-state index in [9.17, 15) is 9.90 Å². The van der Waals surface area contributed by atoms with Crippen LogP contribution >= 0.6 is 0 Å². The van der Waals surface area contributed by atoms with Crippen molar-refractivity contribution in [1.82, 2.24) is 0 Å². The number of benzene rings is 3. The van der Waals surface area contributed by atoms with Crippen LogP contribution in [0.5, 0.6) is 5.75 Å². The Morgan fingerprint density at radius 1 is 0.889 bits per heavy atom. The minimum Gasteiger partial charge on any atom is -0.508 e. The highest BCUT2D eigenvalue weighted by Gasteiger charge is 2.20. The van der Waals surface area contributed by atoms with Gasteiger partial charge in [0.2, 0.25) is 0 Å². The number of rotatable bonds is 6. The number of phenols is 1. The summed E-state index contributed by atoms with van der Waals surface area (Å²) in [6.45, 7) is 2.16. The van der Waals surface area contributed by atoms with E-state index in [-0.39, 0.29) is 12.4 Å². The maximum atomic E-state index is 12.9. The van der Waals surface area contributed by atoms with Crippen molar-refractivity contribution in [3.05, 3.63) is 90.0 Å². The molecule has 0 fully saturated rings. The Labute approximate surface area is 159 Å². The first-order valence-electron chi connectivity index (χ1n) is 9.07. The largest absolute Gasteiger partial charge is 0.508 e. The van der Waals surface area contributed by atoms with E-state index < -0.39 is 6.09 Å². The molecule has 1 N–H and O–H groups in total. The summed E-state index contributed by atoms with van der Waals surface area (Å²) in [7, 11) is 0. The Morgan fingerprint density at radius 3 is 2.04 bits per heavy atom. The van der Waals surface area contributed by atoms with Crippen LogP contribution in [0, 0.1) is 0 Å². The lowest BCUT2D eigenvalue weighted by Gasteiger charge is -2.22. The number of hydrogen-bond acceptors (Lipinski definition) is 3. The number of anilines is 2. The van der Waals surface area contributed by atoms with Crippen LogP contribution in [0.2, 0.25) is 0 Å². The molecule has 27 heavy (non-hydrogen) atoms. The first-order valence-corrected chi connectivity index (χ1v) is 9.07. The fraction of sp³-hybridized carbons (Fsp3) is 0.174. The van der Waals surface area contributed by atoms with Crippen LogP contribution in [0.3, 0.4) is 0 Å². The Balaban J connectivity index is 1.83. The summed E-state index contributed by atoms with van der Waals surface area (Å²) in [5, 5.41) is 10.1. The van der Waals surface area contributed by atoms with Gasteiger partial charge in [-0.2, -0.15) is 0 Å². The molecule has 0 aliphatic carbocycles. The van der Waals surface area contributed by atoms with Crippen molar-refractivity contribution in [2.75, 3.05) is 4.90 Å². The van der Waals surface area contributed by atoms with Crippen molar-refractivity contribution in [2.24, 2.45) is 0 Å². The molecular formula is C23H23NO3. The number of carbonyl (C=O) groups excluding carboxylic acids is 1. The Bertz CT molecular complexity index is 839. The molecule has 138 valence electrons. The van der Waals surface area contributed by atoms with Crippen LogP contribution in [-0.2, 0) is 17.8 Å². The minimum atomic E-state index is -0.460. The van der Waals surface area contributed by atoms with E-state index in [1.807, 2.05) is 66.7 Å². The van der Waals surface area contributed by atoms with Gasteiger partial charge in [0, 0.05) is 5.56 Å². The van der Waals surface area contributed by atoms with E-state index in [2.05, 4.69) is 6.92 Å². The summed E-state index contributed by atoms with van der Waals surface area (Å²) in [5.74, 6) is 0.244. The highest BCUT2D eigenvalue weighted by molar-refractivity contribution is 5.95. The maximum Gasteiger partial charge on any atom is 0.419 e. The predicted octanol–water partition coefficient (Wildman–Crippen LogP) is 5.82. The smallest absolute Gasteiger partial charge is 0.419 e. The van der Waals surface area contributed by atoms with Crippen molar-refractivity contribution >= 4 is 17.5 Å². The van der Waals surface area contributed by atoms with Crippen LogP contribution in [0.15, 0.2) is 78.9 Å². The van der Waals surface area contributed by atoms with Gasteiger partial charge < -0.3 is 9.84 Å². The van der Waals surface area contributed by atoms with Gasteiger partial charge in [0.1, 0.15) is 12.4 Å². The van der Waals surface area contributed by atoms with Crippen molar-refractivity contribution < 1.29 is 14.6 Å². The number of ether oxygens (including phenoxy) is 1. The third kappa shape index (κ3) is 4.47. The zero-order chi connectivity index (χ0) is 19.1.